The molecular formula is C11H12FI. The van der Waals surface area contributed by atoms with Crippen LogP contribution in [0.1, 0.15) is 37.2 Å². The van der Waals surface area contributed by atoms with E-state index in [9.17, 15) is 4.39 Å². The van der Waals surface area contributed by atoms with Crippen molar-refractivity contribution in [2.75, 3.05) is 0 Å². The Morgan fingerprint density at radius 1 is 1.23 bits per heavy atom. The smallest absolute Gasteiger partial charge is 0.127 e. The van der Waals surface area contributed by atoms with Crippen LogP contribution < -0.4 is 0 Å². The molecule has 0 nitrogen and oxygen atoms in total. The zero-order valence-corrected chi connectivity index (χ0v) is 9.55. The molecule has 2 heteroatoms. The van der Waals surface area contributed by atoms with Crippen molar-refractivity contribution >= 4 is 22.6 Å². The first-order chi connectivity index (χ1) is 6.27. The third-order valence-corrected chi connectivity index (χ3v) is 3.43. The highest BCUT2D eigenvalue weighted by Gasteiger charge is 2.19. The highest BCUT2D eigenvalue weighted by molar-refractivity contribution is 14.1. The SMILES string of the molecule is Fc1cc(I)ccc1C1CCCC1. The van der Waals surface area contributed by atoms with Gasteiger partial charge in [0.05, 0.1) is 0 Å². The monoisotopic (exact) mass is 290 g/mol. The van der Waals surface area contributed by atoms with E-state index in [4.69, 9.17) is 0 Å². The molecule has 0 unspecified atom stereocenters. The van der Waals surface area contributed by atoms with Gasteiger partial charge in [-0.3, -0.25) is 0 Å². The van der Waals surface area contributed by atoms with Crippen LogP contribution in [0.4, 0.5) is 4.39 Å². The summed E-state index contributed by atoms with van der Waals surface area (Å²) < 4.78 is 14.5. The first-order valence-electron chi connectivity index (χ1n) is 4.72. The molecule has 0 atom stereocenters. The molecule has 2 rings (SSSR count). The van der Waals surface area contributed by atoms with E-state index < -0.39 is 0 Å². The lowest BCUT2D eigenvalue weighted by atomic mass is 9.97. The fourth-order valence-corrected chi connectivity index (χ4v) is 2.52. The van der Waals surface area contributed by atoms with Gasteiger partial charge in [-0.2, -0.15) is 0 Å². The zero-order valence-electron chi connectivity index (χ0n) is 7.39. The molecule has 1 aromatic rings. The van der Waals surface area contributed by atoms with Gasteiger partial charge in [-0.15, -0.1) is 0 Å². The van der Waals surface area contributed by atoms with Gasteiger partial charge in [-0.1, -0.05) is 18.9 Å². The molecule has 0 aliphatic heterocycles. The van der Waals surface area contributed by atoms with Crippen LogP contribution in [0.3, 0.4) is 0 Å². The molecule has 0 heterocycles. The summed E-state index contributed by atoms with van der Waals surface area (Å²) >= 11 is 2.15. The molecule has 0 N–H and O–H groups in total. The molecule has 1 aromatic carbocycles. The number of benzene rings is 1. The van der Waals surface area contributed by atoms with E-state index >= 15 is 0 Å². The summed E-state index contributed by atoms with van der Waals surface area (Å²) in [6.07, 6.45) is 4.85. The van der Waals surface area contributed by atoms with E-state index in [1.54, 1.807) is 6.07 Å². The average molecular weight is 290 g/mol. The molecule has 0 saturated heterocycles. The van der Waals surface area contributed by atoms with Crippen LogP contribution in [0.2, 0.25) is 0 Å². The van der Waals surface area contributed by atoms with E-state index in [1.807, 2.05) is 12.1 Å². The van der Waals surface area contributed by atoms with Crippen LogP contribution in [0.25, 0.3) is 0 Å². The second-order valence-corrected chi connectivity index (χ2v) is 4.89. The summed E-state index contributed by atoms with van der Waals surface area (Å²) in [5.74, 6) is 0.468. The topological polar surface area (TPSA) is 0 Å². The standard InChI is InChI=1S/C11H12FI/c12-11-7-9(13)5-6-10(11)8-3-1-2-4-8/h5-8H,1-4H2. The summed E-state index contributed by atoms with van der Waals surface area (Å²) in [7, 11) is 0. The maximum atomic E-state index is 13.5. The van der Waals surface area contributed by atoms with Gasteiger partial charge in [0, 0.05) is 3.57 Å². The Hall–Kier alpha value is -0.120. The minimum absolute atomic E-state index is 0.0150. The largest absolute Gasteiger partial charge is 0.207 e. The Labute approximate surface area is 91.7 Å². The Balaban J connectivity index is 2.29. The first kappa shape index (κ1) is 9.44. The van der Waals surface area contributed by atoms with Crippen LogP contribution in [0.5, 0.6) is 0 Å². The molecule has 0 radical (unpaired) electrons. The van der Waals surface area contributed by atoms with Crippen molar-refractivity contribution in [2.45, 2.75) is 31.6 Å². The van der Waals surface area contributed by atoms with Crippen molar-refractivity contribution in [3.8, 4) is 0 Å². The maximum Gasteiger partial charge on any atom is 0.127 e. The first-order valence-corrected chi connectivity index (χ1v) is 5.80. The quantitative estimate of drug-likeness (QED) is 0.683. The van der Waals surface area contributed by atoms with Gasteiger partial charge in [0.25, 0.3) is 0 Å². The lowest BCUT2D eigenvalue weighted by molar-refractivity contribution is 0.579. The van der Waals surface area contributed by atoms with Crippen LogP contribution in [0.15, 0.2) is 18.2 Å². The predicted molar refractivity (Wildman–Crippen MR) is 60.3 cm³/mol. The average Bonchev–Trinajstić information content (AvgIpc) is 2.56. The van der Waals surface area contributed by atoms with Gasteiger partial charge in [-0.25, -0.2) is 4.39 Å². The summed E-state index contributed by atoms with van der Waals surface area (Å²) in [5, 5.41) is 0. The normalized spacial score (nSPS) is 18.0. The highest BCUT2D eigenvalue weighted by atomic mass is 127. The number of rotatable bonds is 1. The molecule has 0 aromatic heterocycles. The van der Waals surface area contributed by atoms with Gasteiger partial charge in [0.2, 0.25) is 0 Å². The van der Waals surface area contributed by atoms with E-state index in [0.717, 1.165) is 22.0 Å². The highest BCUT2D eigenvalue weighted by Crippen LogP contribution is 2.35. The third kappa shape index (κ3) is 2.03. The molecule has 70 valence electrons. The van der Waals surface area contributed by atoms with Gasteiger partial charge in [-0.05, 0) is 59.0 Å². The van der Waals surface area contributed by atoms with E-state index in [1.165, 1.54) is 12.8 Å². The van der Waals surface area contributed by atoms with Crippen LogP contribution >= 0.6 is 22.6 Å². The molecule has 0 amide bonds. The Morgan fingerprint density at radius 3 is 2.54 bits per heavy atom. The molecule has 0 spiro atoms. The Kier molecular flexibility index (Phi) is 2.86. The Bertz CT molecular complexity index is 303. The fourth-order valence-electron chi connectivity index (χ4n) is 2.07. The third-order valence-electron chi connectivity index (χ3n) is 2.76. The molecule has 1 saturated carbocycles. The van der Waals surface area contributed by atoms with E-state index in [-0.39, 0.29) is 5.82 Å². The molecule has 1 fully saturated rings. The number of hydrogen-bond acceptors (Lipinski definition) is 0. The summed E-state index contributed by atoms with van der Waals surface area (Å²) in [5.41, 5.74) is 0.929. The predicted octanol–water partition coefficient (Wildman–Crippen LogP) is 4.09. The number of halogens is 2. The number of hydrogen-bond donors (Lipinski definition) is 0. The zero-order chi connectivity index (χ0) is 9.26. The maximum absolute atomic E-state index is 13.5. The second kappa shape index (κ2) is 3.95. The van der Waals surface area contributed by atoms with Gasteiger partial charge >= 0.3 is 0 Å². The van der Waals surface area contributed by atoms with Gasteiger partial charge in [0.1, 0.15) is 5.82 Å². The lowest BCUT2D eigenvalue weighted by Gasteiger charge is -2.10. The van der Waals surface area contributed by atoms with Crippen LogP contribution in [0, 0.1) is 9.39 Å². The minimum atomic E-state index is -0.0150. The van der Waals surface area contributed by atoms with Gasteiger partial charge < -0.3 is 0 Å². The molecule has 1 aliphatic carbocycles. The summed E-state index contributed by atoms with van der Waals surface area (Å²) in [4.78, 5) is 0. The summed E-state index contributed by atoms with van der Waals surface area (Å²) in [6, 6.07) is 5.58. The van der Waals surface area contributed by atoms with Crippen molar-refractivity contribution in [2.24, 2.45) is 0 Å². The van der Waals surface area contributed by atoms with Crippen molar-refractivity contribution < 1.29 is 4.39 Å². The molecule has 13 heavy (non-hydrogen) atoms. The van der Waals surface area contributed by atoms with Crippen molar-refractivity contribution in [1.82, 2.24) is 0 Å². The van der Waals surface area contributed by atoms with E-state index in [0.29, 0.717) is 5.92 Å². The lowest BCUT2D eigenvalue weighted by Crippen LogP contribution is -1.96. The molecular weight excluding hydrogens is 278 g/mol. The fraction of sp³-hybridized carbons (Fsp3) is 0.455. The van der Waals surface area contributed by atoms with E-state index in [2.05, 4.69) is 22.6 Å². The van der Waals surface area contributed by atoms with Crippen LogP contribution in [-0.4, -0.2) is 0 Å². The van der Waals surface area contributed by atoms with Crippen molar-refractivity contribution in [3.63, 3.8) is 0 Å². The van der Waals surface area contributed by atoms with Crippen LogP contribution in [-0.2, 0) is 0 Å². The van der Waals surface area contributed by atoms with Gasteiger partial charge in [0.15, 0.2) is 0 Å². The molecule has 0 bridgehead atoms. The van der Waals surface area contributed by atoms with Crippen molar-refractivity contribution in [1.29, 1.82) is 0 Å². The minimum Gasteiger partial charge on any atom is -0.207 e. The second-order valence-electron chi connectivity index (χ2n) is 3.65. The van der Waals surface area contributed by atoms with Crippen molar-refractivity contribution in [3.05, 3.63) is 33.1 Å². The Morgan fingerprint density at radius 2 is 1.92 bits per heavy atom. The summed E-state index contributed by atoms with van der Waals surface area (Å²) in [6.45, 7) is 0. The molecule has 1 aliphatic rings.